The molecule has 31 heavy (non-hydrogen) atoms. The summed E-state index contributed by atoms with van der Waals surface area (Å²) in [6.07, 6.45) is 3.61. The Bertz CT molecular complexity index is 1240. The smallest absolute Gasteiger partial charge is 0.408 e. The van der Waals surface area contributed by atoms with Crippen molar-refractivity contribution in [3.05, 3.63) is 64.2 Å². The van der Waals surface area contributed by atoms with E-state index in [9.17, 15) is 4.79 Å². The number of carbonyl (C=O) groups is 1. The Balaban J connectivity index is 1.36. The van der Waals surface area contributed by atoms with Crippen LogP contribution >= 0.6 is 0 Å². The minimum atomic E-state index is -0.353. The van der Waals surface area contributed by atoms with Gasteiger partial charge in [-0.2, -0.15) is 4.98 Å². The molecule has 2 aromatic carbocycles. The summed E-state index contributed by atoms with van der Waals surface area (Å²) in [5.74, 6) is 0.940. The number of nitrogen functional groups attached to an aromatic ring is 1. The predicted octanol–water partition coefficient (Wildman–Crippen LogP) is 3.97. The summed E-state index contributed by atoms with van der Waals surface area (Å²) in [7, 11) is 0. The van der Waals surface area contributed by atoms with E-state index < -0.39 is 0 Å². The van der Waals surface area contributed by atoms with Gasteiger partial charge in [-0.25, -0.2) is 9.78 Å². The van der Waals surface area contributed by atoms with Crippen LogP contribution in [0.5, 0.6) is 0 Å². The molecule has 3 aliphatic rings. The Morgan fingerprint density at radius 1 is 1.16 bits per heavy atom. The van der Waals surface area contributed by atoms with Crippen molar-refractivity contribution >= 4 is 23.5 Å². The van der Waals surface area contributed by atoms with E-state index in [1.54, 1.807) is 0 Å². The number of anilines is 3. The Labute approximate surface area is 180 Å². The quantitative estimate of drug-likeness (QED) is 0.600. The topological polar surface area (TPSA) is 102 Å². The molecule has 0 bridgehead atoms. The van der Waals surface area contributed by atoms with Crippen LogP contribution in [0.15, 0.2) is 36.4 Å². The van der Waals surface area contributed by atoms with Crippen LogP contribution in [0.25, 0.3) is 11.3 Å². The summed E-state index contributed by atoms with van der Waals surface area (Å²) in [6.45, 7) is 1.97. The monoisotopic (exact) mass is 413 g/mol. The lowest BCUT2D eigenvalue weighted by atomic mass is 9.98. The molecule has 6 rings (SSSR count). The van der Waals surface area contributed by atoms with Crippen LogP contribution in [-0.4, -0.2) is 22.2 Å². The van der Waals surface area contributed by atoms with E-state index in [4.69, 9.17) is 15.5 Å². The average Bonchev–Trinajstić information content (AvgIpc) is 3.44. The number of rotatable bonds is 3. The number of alkyl carbamates (subject to hydrolysis) is 1. The van der Waals surface area contributed by atoms with Crippen molar-refractivity contribution in [2.45, 2.75) is 44.8 Å². The number of carbonyl (C=O) groups excluding carboxylic acids is 1. The molecule has 1 fully saturated rings. The molecule has 156 valence electrons. The first-order valence-electron chi connectivity index (χ1n) is 10.7. The van der Waals surface area contributed by atoms with E-state index in [-0.39, 0.29) is 18.2 Å². The van der Waals surface area contributed by atoms with Crippen LogP contribution in [0, 0.1) is 6.92 Å². The third-order valence-electron chi connectivity index (χ3n) is 6.65. The summed E-state index contributed by atoms with van der Waals surface area (Å²) < 4.78 is 5.34. The molecule has 2 heterocycles. The first-order chi connectivity index (χ1) is 15.1. The molecule has 0 radical (unpaired) electrons. The zero-order valence-electron chi connectivity index (χ0n) is 17.2. The Hall–Kier alpha value is -3.61. The van der Waals surface area contributed by atoms with Crippen molar-refractivity contribution in [1.82, 2.24) is 15.3 Å². The van der Waals surface area contributed by atoms with Gasteiger partial charge in [-0.1, -0.05) is 24.3 Å². The molecule has 1 saturated heterocycles. The fraction of sp³-hybridized carbons (Fsp3) is 0.292. The van der Waals surface area contributed by atoms with Crippen LogP contribution < -0.4 is 16.4 Å². The van der Waals surface area contributed by atoms with Gasteiger partial charge in [-0.3, -0.25) is 0 Å². The van der Waals surface area contributed by atoms with Gasteiger partial charge in [0.25, 0.3) is 0 Å². The largest absolute Gasteiger partial charge is 0.443 e. The minimum absolute atomic E-state index is 0.101. The average molecular weight is 413 g/mol. The number of aromatic nitrogens is 2. The van der Waals surface area contributed by atoms with Crippen molar-refractivity contribution in [2.75, 3.05) is 11.1 Å². The van der Waals surface area contributed by atoms with Crippen molar-refractivity contribution in [3.8, 4) is 11.3 Å². The highest BCUT2D eigenvalue weighted by Crippen LogP contribution is 2.39. The lowest BCUT2D eigenvalue weighted by molar-refractivity contribution is 0.136. The molecule has 0 saturated carbocycles. The molecule has 0 spiro atoms. The molecule has 1 amide bonds. The van der Waals surface area contributed by atoms with Crippen LogP contribution in [0.3, 0.4) is 0 Å². The number of nitrogens with one attached hydrogen (secondary N) is 2. The standard InChI is InChI=1S/C24H23N5O2/c1-12-20(17-7-3-5-13-4-2-6-16(13)17)27-23(29-22(12)25)26-15-9-8-14-10-19-21(18(14)11-15)28-24(30)31-19/h3,5,7-9,11,19,21H,2,4,6,10H2,1H3,(H,28,30)(H3,25,26,27,29)/t19-,21+/m1/s1. The van der Waals surface area contributed by atoms with E-state index in [2.05, 4.69) is 39.9 Å². The highest BCUT2D eigenvalue weighted by molar-refractivity contribution is 5.75. The van der Waals surface area contributed by atoms with E-state index in [1.165, 1.54) is 23.1 Å². The van der Waals surface area contributed by atoms with E-state index in [1.807, 2.05) is 19.1 Å². The molecule has 3 aromatic rings. The first-order valence-corrected chi connectivity index (χ1v) is 10.7. The maximum Gasteiger partial charge on any atom is 0.408 e. The Morgan fingerprint density at radius 3 is 2.97 bits per heavy atom. The van der Waals surface area contributed by atoms with Crippen molar-refractivity contribution in [3.63, 3.8) is 0 Å². The molecule has 7 nitrogen and oxygen atoms in total. The zero-order chi connectivity index (χ0) is 21.1. The molecule has 2 aliphatic carbocycles. The molecule has 2 atom stereocenters. The maximum atomic E-state index is 11.6. The van der Waals surface area contributed by atoms with Crippen LogP contribution in [-0.2, 0) is 24.0 Å². The van der Waals surface area contributed by atoms with Gasteiger partial charge in [0.1, 0.15) is 11.9 Å². The van der Waals surface area contributed by atoms with Gasteiger partial charge >= 0.3 is 6.09 Å². The van der Waals surface area contributed by atoms with E-state index in [0.717, 1.165) is 47.3 Å². The van der Waals surface area contributed by atoms with Crippen molar-refractivity contribution in [2.24, 2.45) is 0 Å². The van der Waals surface area contributed by atoms with Crippen molar-refractivity contribution < 1.29 is 9.53 Å². The summed E-state index contributed by atoms with van der Waals surface area (Å²) >= 11 is 0. The predicted molar refractivity (Wildman–Crippen MR) is 118 cm³/mol. The number of amides is 1. The third kappa shape index (κ3) is 2.91. The fourth-order valence-corrected chi connectivity index (χ4v) is 5.08. The van der Waals surface area contributed by atoms with Gasteiger partial charge in [0, 0.05) is 23.2 Å². The number of benzene rings is 2. The maximum absolute atomic E-state index is 11.6. The lowest BCUT2D eigenvalue weighted by Crippen LogP contribution is -2.18. The number of hydrogen-bond acceptors (Lipinski definition) is 6. The van der Waals surface area contributed by atoms with Gasteiger partial charge in [-0.05, 0) is 60.6 Å². The fourth-order valence-electron chi connectivity index (χ4n) is 5.08. The van der Waals surface area contributed by atoms with Gasteiger partial charge in [-0.15, -0.1) is 0 Å². The molecular weight excluding hydrogens is 390 g/mol. The zero-order valence-corrected chi connectivity index (χ0v) is 17.2. The van der Waals surface area contributed by atoms with Crippen LogP contribution in [0.1, 0.15) is 40.3 Å². The van der Waals surface area contributed by atoms with Crippen molar-refractivity contribution in [1.29, 1.82) is 0 Å². The van der Waals surface area contributed by atoms with E-state index >= 15 is 0 Å². The minimum Gasteiger partial charge on any atom is -0.443 e. The molecule has 1 aromatic heterocycles. The molecule has 1 aliphatic heterocycles. The lowest BCUT2D eigenvalue weighted by Gasteiger charge is -2.15. The number of nitrogens with two attached hydrogens (primary N) is 1. The first kappa shape index (κ1) is 18.2. The highest BCUT2D eigenvalue weighted by atomic mass is 16.6. The highest BCUT2D eigenvalue weighted by Gasteiger charge is 2.41. The summed E-state index contributed by atoms with van der Waals surface area (Å²) in [6, 6.07) is 12.4. The Kier molecular flexibility index (Phi) is 3.93. The number of aryl methyl sites for hydroxylation is 1. The molecular formula is C24H23N5O2. The van der Waals surface area contributed by atoms with Gasteiger partial charge in [0.2, 0.25) is 5.95 Å². The van der Waals surface area contributed by atoms with Gasteiger partial charge in [0.05, 0.1) is 11.7 Å². The van der Waals surface area contributed by atoms with Crippen LogP contribution in [0.4, 0.5) is 22.2 Å². The number of nitrogens with zero attached hydrogens (tertiary/aromatic N) is 2. The SMILES string of the molecule is Cc1c(N)nc(Nc2ccc3c(c2)[C@@H]2NC(=O)O[C@@H]2C3)nc1-c1cccc2c1CCC2. The van der Waals surface area contributed by atoms with E-state index in [0.29, 0.717) is 11.8 Å². The summed E-state index contributed by atoms with van der Waals surface area (Å²) in [5.41, 5.74) is 15.1. The second kappa shape index (κ2) is 6.70. The summed E-state index contributed by atoms with van der Waals surface area (Å²) in [5, 5.41) is 6.21. The van der Waals surface area contributed by atoms with Gasteiger partial charge < -0.3 is 21.1 Å². The summed E-state index contributed by atoms with van der Waals surface area (Å²) in [4.78, 5) is 20.9. The Morgan fingerprint density at radius 2 is 2.06 bits per heavy atom. The van der Waals surface area contributed by atoms with Crippen LogP contribution in [0.2, 0.25) is 0 Å². The normalized spacial score (nSPS) is 20.6. The third-order valence-corrected chi connectivity index (χ3v) is 6.65. The second-order valence-electron chi connectivity index (χ2n) is 8.51. The molecule has 0 unspecified atom stereocenters. The second-order valence-corrected chi connectivity index (χ2v) is 8.51. The molecule has 7 heteroatoms. The number of hydrogen-bond donors (Lipinski definition) is 3. The number of ether oxygens (including phenoxy) is 1. The molecule has 4 N–H and O–H groups in total. The van der Waals surface area contributed by atoms with Gasteiger partial charge in [0.15, 0.2) is 0 Å². The number of fused-ring (bicyclic) bond motifs is 4.